The van der Waals surface area contributed by atoms with Crippen molar-refractivity contribution in [3.05, 3.63) is 47.1 Å². The highest BCUT2D eigenvalue weighted by molar-refractivity contribution is 5.94. The van der Waals surface area contributed by atoms with Gasteiger partial charge in [0.1, 0.15) is 5.82 Å². The zero-order chi connectivity index (χ0) is 18.0. The van der Waals surface area contributed by atoms with Gasteiger partial charge < -0.3 is 14.3 Å². The van der Waals surface area contributed by atoms with Gasteiger partial charge in [-0.15, -0.1) is 0 Å². The quantitative estimate of drug-likeness (QED) is 0.849. The summed E-state index contributed by atoms with van der Waals surface area (Å²) >= 11 is 0. The molecule has 0 bridgehead atoms. The molecule has 0 unspecified atom stereocenters. The largest absolute Gasteiger partial charge is 0.375 e. The highest BCUT2D eigenvalue weighted by Gasteiger charge is 2.23. The van der Waals surface area contributed by atoms with Gasteiger partial charge in [0.15, 0.2) is 5.76 Å². The molecule has 1 aliphatic heterocycles. The SMILES string of the molecule is Cc1cc(CN2CCN(C(=O)c3ccc(N(C)C)c(F)c3)CC2)on1. The van der Waals surface area contributed by atoms with Crippen LogP contribution in [0.4, 0.5) is 10.1 Å². The number of aryl methyl sites for hydroxylation is 1. The van der Waals surface area contributed by atoms with Crippen molar-refractivity contribution in [3.63, 3.8) is 0 Å². The molecule has 0 spiro atoms. The Bertz CT molecular complexity index is 751. The third kappa shape index (κ3) is 3.99. The molecule has 2 heterocycles. The molecule has 6 nitrogen and oxygen atoms in total. The Hall–Kier alpha value is -2.41. The van der Waals surface area contributed by atoms with Crippen molar-refractivity contribution in [2.45, 2.75) is 13.5 Å². The second kappa shape index (κ2) is 7.23. The van der Waals surface area contributed by atoms with E-state index >= 15 is 0 Å². The second-order valence-corrected chi connectivity index (χ2v) is 6.56. The lowest BCUT2D eigenvalue weighted by atomic mass is 10.1. The van der Waals surface area contributed by atoms with Crippen LogP contribution in [0.5, 0.6) is 0 Å². The van der Waals surface area contributed by atoms with Crippen LogP contribution < -0.4 is 4.90 Å². The molecule has 0 aliphatic carbocycles. The van der Waals surface area contributed by atoms with Gasteiger partial charge in [0.2, 0.25) is 0 Å². The van der Waals surface area contributed by atoms with E-state index in [1.807, 2.05) is 13.0 Å². The van der Waals surface area contributed by atoms with Gasteiger partial charge in [0, 0.05) is 51.9 Å². The maximum Gasteiger partial charge on any atom is 0.254 e. The fourth-order valence-corrected chi connectivity index (χ4v) is 3.01. The van der Waals surface area contributed by atoms with Gasteiger partial charge in [0.05, 0.1) is 17.9 Å². The van der Waals surface area contributed by atoms with Crippen LogP contribution in [-0.2, 0) is 6.54 Å². The number of piperazine rings is 1. The van der Waals surface area contributed by atoms with Crippen LogP contribution in [0.15, 0.2) is 28.8 Å². The van der Waals surface area contributed by atoms with Gasteiger partial charge in [-0.25, -0.2) is 4.39 Å². The number of amides is 1. The van der Waals surface area contributed by atoms with Gasteiger partial charge in [-0.1, -0.05) is 5.16 Å². The molecule has 1 aromatic heterocycles. The summed E-state index contributed by atoms with van der Waals surface area (Å²) in [7, 11) is 3.55. The molecule has 1 fully saturated rings. The number of aromatic nitrogens is 1. The summed E-state index contributed by atoms with van der Waals surface area (Å²) in [5.74, 6) is 0.327. The summed E-state index contributed by atoms with van der Waals surface area (Å²) in [6.07, 6.45) is 0. The highest BCUT2D eigenvalue weighted by Crippen LogP contribution is 2.20. The van der Waals surface area contributed by atoms with Gasteiger partial charge in [-0.2, -0.15) is 0 Å². The molecule has 1 saturated heterocycles. The highest BCUT2D eigenvalue weighted by atomic mass is 19.1. The molecular weight excluding hydrogens is 323 g/mol. The van der Waals surface area contributed by atoms with Crippen molar-refractivity contribution < 1.29 is 13.7 Å². The lowest BCUT2D eigenvalue weighted by Crippen LogP contribution is -2.48. The van der Waals surface area contributed by atoms with Crippen molar-refractivity contribution >= 4 is 11.6 Å². The molecule has 7 heteroatoms. The Kier molecular flexibility index (Phi) is 5.03. The number of anilines is 1. The molecule has 0 atom stereocenters. The maximum atomic E-state index is 14.1. The number of rotatable bonds is 4. The van der Waals surface area contributed by atoms with E-state index in [0.717, 1.165) is 24.5 Å². The van der Waals surface area contributed by atoms with E-state index in [0.29, 0.717) is 30.9 Å². The van der Waals surface area contributed by atoms with Crippen molar-refractivity contribution in [2.24, 2.45) is 0 Å². The number of halogens is 1. The third-order valence-corrected chi connectivity index (χ3v) is 4.39. The van der Waals surface area contributed by atoms with Crippen LogP contribution >= 0.6 is 0 Å². The fraction of sp³-hybridized carbons (Fsp3) is 0.444. The van der Waals surface area contributed by atoms with Crippen molar-refractivity contribution in [1.29, 1.82) is 0 Å². The zero-order valence-corrected chi connectivity index (χ0v) is 14.8. The van der Waals surface area contributed by atoms with Crippen LogP contribution in [0.1, 0.15) is 21.8 Å². The van der Waals surface area contributed by atoms with Gasteiger partial charge in [0.25, 0.3) is 5.91 Å². The van der Waals surface area contributed by atoms with E-state index in [1.165, 1.54) is 6.07 Å². The van der Waals surface area contributed by atoms with Gasteiger partial charge in [-0.05, 0) is 25.1 Å². The lowest BCUT2D eigenvalue weighted by Gasteiger charge is -2.34. The summed E-state index contributed by atoms with van der Waals surface area (Å²) in [4.78, 5) is 18.3. The van der Waals surface area contributed by atoms with E-state index in [9.17, 15) is 9.18 Å². The molecule has 1 amide bonds. The average Bonchev–Trinajstić information content (AvgIpc) is 2.99. The minimum absolute atomic E-state index is 0.126. The van der Waals surface area contributed by atoms with Crippen molar-refractivity contribution in [1.82, 2.24) is 15.0 Å². The number of carbonyl (C=O) groups is 1. The van der Waals surface area contributed by atoms with E-state index in [1.54, 1.807) is 36.0 Å². The normalized spacial score (nSPS) is 15.4. The van der Waals surface area contributed by atoms with Crippen LogP contribution in [0.2, 0.25) is 0 Å². The number of hydrogen-bond acceptors (Lipinski definition) is 5. The smallest absolute Gasteiger partial charge is 0.254 e. The summed E-state index contributed by atoms with van der Waals surface area (Å²) in [6.45, 7) is 5.32. The van der Waals surface area contributed by atoms with Gasteiger partial charge in [-0.3, -0.25) is 9.69 Å². The molecule has 25 heavy (non-hydrogen) atoms. The van der Waals surface area contributed by atoms with Gasteiger partial charge >= 0.3 is 0 Å². The van der Waals surface area contributed by atoms with E-state index < -0.39 is 0 Å². The number of carbonyl (C=O) groups excluding carboxylic acids is 1. The third-order valence-electron chi connectivity index (χ3n) is 4.39. The van der Waals surface area contributed by atoms with E-state index in [2.05, 4.69) is 10.1 Å². The minimum Gasteiger partial charge on any atom is -0.375 e. The Balaban J connectivity index is 1.59. The predicted molar refractivity (Wildman–Crippen MR) is 93.1 cm³/mol. The zero-order valence-electron chi connectivity index (χ0n) is 14.8. The minimum atomic E-state index is -0.379. The monoisotopic (exact) mass is 346 g/mol. The first-order valence-corrected chi connectivity index (χ1v) is 8.35. The molecule has 3 rings (SSSR count). The summed E-state index contributed by atoms with van der Waals surface area (Å²) in [5.41, 5.74) is 1.73. The Labute approximate surface area is 146 Å². The molecule has 2 aromatic rings. The molecule has 134 valence electrons. The summed E-state index contributed by atoms with van der Waals surface area (Å²) < 4.78 is 19.3. The Morgan fingerprint density at radius 3 is 2.52 bits per heavy atom. The van der Waals surface area contributed by atoms with Crippen LogP contribution in [0, 0.1) is 12.7 Å². The van der Waals surface area contributed by atoms with E-state index in [4.69, 9.17) is 4.52 Å². The molecular formula is C18H23FN4O2. The second-order valence-electron chi connectivity index (χ2n) is 6.56. The number of hydrogen-bond donors (Lipinski definition) is 0. The number of nitrogens with zero attached hydrogens (tertiary/aromatic N) is 4. The molecule has 1 aromatic carbocycles. The number of benzene rings is 1. The maximum absolute atomic E-state index is 14.1. The first kappa shape index (κ1) is 17.4. The summed E-state index contributed by atoms with van der Waals surface area (Å²) in [6, 6.07) is 6.57. The summed E-state index contributed by atoms with van der Waals surface area (Å²) in [5, 5.41) is 3.89. The molecule has 0 radical (unpaired) electrons. The molecule has 0 saturated carbocycles. The standard InChI is InChI=1S/C18H23FN4O2/c1-13-10-15(25-20-13)12-22-6-8-23(9-7-22)18(24)14-4-5-17(21(2)3)16(19)11-14/h4-5,10-11H,6-9,12H2,1-3H3. The average molecular weight is 346 g/mol. The molecule has 1 aliphatic rings. The van der Waals surface area contributed by atoms with Crippen LogP contribution in [-0.4, -0.2) is 61.1 Å². The van der Waals surface area contributed by atoms with Crippen LogP contribution in [0.3, 0.4) is 0 Å². The topological polar surface area (TPSA) is 52.8 Å². The fourth-order valence-electron chi connectivity index (χ4n) is 3.01. The Morgan fingerprint density at radius 1 is 1.24 bits per heavy atom. The first-order valence-electron chi connectivity index (χ1n) is 8.35. The lowest BCUT2D eigenvalue weighted by molar-refractivity contribution is 0.0617. The van der Waals surface area contributed by atoms with Crippen molar-refractivity contribution in [3.8, 4) is 0 Å². The van der Waals surface area contributed by atoms with Crippen molar-refractivity contribution in [2.75, 3.05) is 45.2 Å². The van der Waals surface area contributed by atoms with Crippen LogP contribution in [0.25, 0.3) is 0 Å². The first-order chi connectivity index (χ1) is 11.9. The predicted octanol–water partition coefficient (Wildman–Crippen LogP) is 2.15. The molecule has 0 N–H and O–H groups in total. The Morgan fingerprint density at radius 2 is 1.96 bits per heavy atom. The van der Waals surface area contributed by atoms with E-state index in [-0.39, 0.29) is 11.7 Å².